The van der Waals surface area contributed by atoms with E-state index < -0.39 is 0 Å². The van der Waals surface area contributed by atoms with Crippen LogP contribution in [0.15, 0.2) is 10.3 Å². The van der Waals surface area contributed by atoms with E-state index in [1.54, 1.807) is 0 Å². The van der Waals surface area contributed by atoms with Gasteiger partial charge in [0.25, 0.3) is 0 Å². The molecule has 5 fully saturated rings. The predicted molar refractivity (Wildman–Crippen MR) is 95.4 cm³/mol. The number of rotatable bonds is 2. The van der Waals surface area contributed by atoms with E-state index in [1.807, 2.05) is 0 Å². The Kier molecular flexibility index (Phi) is 4.01. The van der Waals surface area contributed by atoms with E-state index >= 15 is 0 Å². The van der Waals surface area contributed by atoms with Gasteiger partial charge in [-0.25, -0.2) is 0 Å². The summed E-state index contributed by atoms with van der Waals surface area (Å²) < 4.78 is 0. The molecule has 0 amide bonds. The maximum Gasteiger partial charge on any atom is 0.0775 e. The molecule has 6 heteroatoms. The van der Waals surface area contributed by atoms with E-state index in [4.69, 9.17) is 0 Å². The van der Waals surface area contributed by atoms with Crippen LogP contribution in [0.3, 0.4) is 0 Å². The van der Waals surface area contributed by atoms with Crippen LogP contribution in [0, 0.1) is 23.7 Å². The fourth-order valence-electron chi connectivity index (χ4n) is 6.88. The molecule has 0 aromatic rings. The Labute approximate surface area is 149 Å². The minimum Gasteiger partial charge on any atom is -0.411 e. The molecule has 138 valence electrons. The summed E-state index contributed by atoms with van der Waals surface area (Å²) in [5.74, 6) is 2.44. The fraction of sp³-hybridized carbons (Fsp3) is 0.895. The molecule has 1 heterocycles. The van der Waals surface area contributed by atoms with E-state index in [2.05, 4.69) is 20.1 Å². The average molecular weight is 346 g/mol. The van der Waals surface area contributed by atoms with Gasteiger partial charge in [-0.15, -0.1) is 0 Å². The molecule has 2 N–H and O–H groups in total. The Balaban J connectivity index is 1.30. The second kappa shape index (κ2) is 6.23. The van der Waals surface area contributed by atoms with Gasteiger partial charge in [-0.3, -0.25) is 9.80 Å². The number of hydrogen-bond donors (Lipinski definition) is 2. The van der Waals surface area contributed by atoms with Crippen LogP contribution in [0.1, 0.15) is 44.9 Å². The molecule has 4 bridgehead atoms. The Bertz CT molecular complexity index is 542. The lowest BCUT2D eigenvalue weighted by Crippen LogP contribution is -2.49. The summed E-state index contributed by atoms with van der Waals surface area (Å²) in [6, 6.07) is 0.740. The highest BCUT2D eigenvalue weighted by atomic mass is 16.4. The monoisotopic (exact) mass is 346 g/mol. The van der Waals surface area contributed by atoms with Crippen molar-refractivity contribution in [2.45, 2.75) is 57.0 Å². The second-order valence-electron chi connectivity index (χ2n) is 8.91. The van der Waals surface area contributed by atoms with Gasteiger partial charge >= 0.3 is 0 Å². The zero-order valence-electron chi connectivity index (χ0n) is 14.9. The first kappa shape index (κ1) is 16.1. The molecule has 6 nitrogen and oxygen atoms in total. The summed E-state index contributed by atoms with van der Waals surface area (Å²) in [6.07, 6.45) is 8.60. The molecule has 0 spiro atoms. The predicted octanol–water partition coefficient (Wildman–Crippen LogP) is 2.25. The largest absolute Gasteiger partial charge is 0.411 e. The summed E-state index contributed by atoms with van der Waals surface area (Å²) in [4.78, 5) is 5.17. The summed E-state index contributed by atoms with van der Waals surface area (Å²) in [7, 11) is 0. The third-order valence-corrected chi connectivity index (χ3v) is 7.86. The zero-order valence-corrected chi connectivity index (χ0v) is 14.9. The van der Waals surface area contributed by atoms with Crippen molar-refractivity contribution in [2.75, 3.05) is 26.2 Å². The van der Waals surface area contributed by atoms with Crippen molar-refractivity contribution in [3.63, 3.8) is 0 Å². The van der Waals surface area contributed by atoms with Crippen LogP contribution >= 0.6 is 0 Å². The van der Waals surface area contributed by atoms with E-state index in [0.717, 1.165) is 44.0 Å². The van der Waals surface area contributed by atoms with Crippen molar-refractivity contribution in [2.24, 2.45) is 34.0 Å². The lowest BCUT2D eigenvalue weighted by molar-refractivity contribution is 0.173. The van der Waals surface area contributed by atoms with Crippen LogP contribution < -0.4 is 0 Å². The number of oxime groups is 2. The number of hydrogen-bond acceptors (Lipinski definition) is 6. The van der Waals surface area contributed by atoms with Crippen molar-refractivity contribution in [3.8, 4) is 0 Å². The Hall–Kier alpha value is -1.14. The minimum absolute atomic E-state index is 0.370. The summed E-state index contributed by atoms with van der Waals surface area (Å²) in [5.41, 5.74) is 2.12. The molecule has 0 radical (unpaired) electrons. The molecule has 4 saturated carbocycles. The van der Waals surface area contributed by atoms with Gasteiger partial charge in [0.15, 0.2) is 0 Å². The maximum absolute atomic E-state index is 9.53. The molecular formula is C19H30N4O2. The number of fused-ring (bicyclic) bond motifs is 4. The van der Waals surface area contributed by atoms with Gasteiger partial charge in [0.1, 0.15) is 0 Å². The Morgan fingerprint density at radius 3 is 1.60 bits per heavy atom. The molecule has 6 atom stereocenters. The topological polar surface area (TPSA) is 71.7 Å². The van der Waals surface area contributed by atoms with Crippen LogP contribution in [-0.4, -0.2) is 69.9 Å². The van der Waals surface area contributed by atoms with Crippen molar-refractivity contribution in [1.82, 2.24) is 9.80 Å². The van der Waals surface area contributed by atoms with Gasteiger partial charge in [0.05, 0.1) is 23.5 Å². The minimum atomic E-state index is 0.370. The second-order valence-corrected chi connectivity index (χ2v) is 8.91. The first-order valence-corrected chi connectivity index (χ1v) is 10.2. The van der Waals surface area contributed by atoms with Gasteiger partial charge in [-0.2, -0.15) is 0 Å². The standard InChI is InChI=1S/C19H30N4O2/c24-20-16-12-2-4-14(10-12)18(16)22-6-1-7-23(9-8-22)19-15-5-3-13(11-15)17(19)21-25/h12-15,18-19,24-25H,1-11H2. The quantitative estimate of drug-likeness (QED) is 0.594. The molecule has 25 heavy (non-hydrogen) atoms. The molecule has 5 aliphatic rings. The Morgan fingerprint density at radius 1 is 0.680 bits per heavy atom. The third-order valence-electron chi connectivity index (χ3n) is 7.86. The molecule has 5 rings (SSSR count). The summed E-state index contributed by atoms with van der Waals surface area (Å²) in [6.45, 7) is 4.27. The van der Waals surface area contributed by atoms with Gasteiger partial charge in [0, 0.05) is 38.0 Å². The SMILES string of the molecule is ON=C1C2CCC(C2)C1N1CCCN(C2C(=NO)C3CCC2C3)CC1. The van der Waals surface area contributed by atoms with Crippen molar-refractivity contribution < 1.29 is 10.4 Å². The highest BCUT2D eigenvalue weighted by Crippen LogP contribution is 2.47. The highest BCUT2D eigenvalue weighted by Gasteiger charge is 2.50. The Morgan fingerprint density at radius 2 is 1.16 bits per heavy atom. The number of nitrogens with zero attached hydrogens (tertiary/aromatic N) is 4. The van der Waals surface area contributed by atoms with Crippen molar-refractivity contribution in [3.05, 3.63) is 0 Å². The molecule has 6 unspecified atom stereocenters. The van der Waals surface area contributed by atoms with Crippen LogP contribution in [0.25, 0.3) is 0 Å². The molecule has 0 aromatic heterocycles. The lowest BCUT2D eigenvalue weighted by Gasteiger charge is -2.35. The van der Waals surface area contributed by atoms with Crippen molar-refractivity contribution >= 4 is 11.4 Å². The fourth-order valence-corrected chi connectivity index (χ4v) is 6.88. The molecule has 1 saturated heterocycles. The van der Waals surface area contributed by atoms with Gasteiger partial charge in [-0.05, 0) is 56.8 Å². The van der Waals surface area contributed by atoms with Crippen molar-refractivity contribution in [1.29, 1.82) is 0 Å². The third kappa shape index (κ3) is 2.44. The highest BCUT2D eigenvalue weighted by molar-refractivity contribution is 5.95. The van der Waals surface area contributed by atoms with E-state index in [-0.39, 0.29) is 0 Å². The van der Waals surface area contributed by atoms with Crippen LogP contribution in [0.4, 0.5) is 0 Å². The molecule has 4 aliphatic carbocycles. The van der Waals surface area contributed by atoms with E-state index in [1.165, 1.54) is 38.5 Å². The molecule has 0 aromatic carbocycles. The smallest absolute Gasteiger partial charge is 0.0775 e. The average Bonchev–Trinajstić information content (AvgIpc) is 3.39. The molecule has 1 aliphatic heterocycles. The van der Waals surface area contributed by atoms with Gasteiger partial charge in [0.2, 0.25) is 0 Å². The summed E-state index contributed by atoms with van der Waals surface area (Å²) >= 11 is 0. The summed E-state index contributed by atoms with van der Waals surface area (Å²) in [5, 5.41) is 26.5. The van der Waals surface area contributed by atoms with Gasteiger partial charge in [-0.1, -0.05) is 10.3 Å². The lowest BCUT2D eigenvalue weighted by atomic mass is 9.91. The van der Waals surface area contributed by atoms with Crippen LogP contribution in [-0.2, 0) is 0 Å². The molecular weight excluding hydrogens is 316 g/mol. The van der Waals surface area contributed by atoms with E-state index in [9.17, 15) is 10.4 Å². The normalized spacial score (nSPS) is 48.0. The zero-order chi connectivity index (χ0) is 17.0. The maximum atomic E-state index is 9.53. The van der Waals surface area contributed by atoms with E-state index in [0.29, 0.717) is 35.8 Å². The van der Waals surface area contributed by atoms with Crippen LogP contribution in [0.5, 0.6) is 0 Å². The van der Waals surface area contributed by atoms with Crippen LogP contribution in [0.2, 0.25) is 0 Å². The first-order chi connectivity index (χ1) is 12.3. The first-order valence-electron chi connectivity index (χ1n) is 10.2. The van der Waals surface area contributed by atoms with Gasteiger partial charge < -0.3 is 10.4 Å².